The minimum Gasteiger partial charge on any atom is -0.465 e. The quantitative estimate of drug-likeness (QED) is 0.273. The molecule has 1 aromatic carbocycles. The molecule has 1 atom stereocenters. The number of rotatable bonds is 13. The summed E-state index contributed by atoms with van der Waals surface area (Å²) in [5.41, 5.74) is 1.26. The van der Waals surface area contributed by atoms with Crippen molar-refractivity contribution in [3.63, 3.8) is 0 Å². The van der Waals surface area contributed by atoms with E-state index in [0.717, 1.165) is 19.4 Å². The molecule has 3 heteroatoms. The number of esters is 1. The molecular formula is C22H38NO2+. The Morgan fingerprint density at radius 1 is 0.960 bits per heavy atom. The summed E-state index contributed by atoms with van der Waals surface area (Å²) in [5.74, 6) is -0.0797. The highest BCUT2D eigenvalue weighted by Crippen LogP contribution is 2.21. The third-order valence-electron chi connectivity index (χ3n) is 5.08. The smallest absolute Gasteiger partial charge is 0.364 e. The lowest BCUT2D eigenvalue weighted by atomic mass is 10.0. The molecule has 0 heterocycles. The van der Waals surface area contributed by atoms with Crippen molar-refractivity contribution in [2.24, 2.45) is 0 Å². The minimum absolute atomic E-state index is 0.0797. The fourth-order valence-corrected chi connectivity index (χ4v) is 3.52. The summed E-state index contributed by atoms with van der Waals surface area (Å²) in [4.78, 5) is 12.3. The molecule has 25 heavy (non-hydrogen) atoms. The Bertz CT molecular complexity index is 470. The van der Waals surface area contributed by atoms with Gasteiger partial charge >= 0.3 is 5.97 Å². The van der Waals surface area contributed by atoms with Crippen molar-refractivity contribution < 1.29 is 14.0 Å². The summed E-state index contributed by atoms with van der Waals surface area (Å²) >= 11 is 0. The number of unbranched alkanes of at least 4 members (excludes halogenated alkanes) is 7. The van der Waals surface area contributed by atoms with Gasteiger partial charge in [-0.25, -0.2) is 4.79 Å². The van der Waals surface area contributed by atoms with Crippen LogP contribution >= 0.6 is 0 Å². The zero-order chi connectivity index (χ0) is 18.5. The molecule has 0 spiro atoms. The van der Waals surface area contributed by atoms with Crippen LogP contribution in [0.5, 0.6) is 0 Å². The van der Waals surface area contributed by atoms with Gasteiger partial charge in [0.25, 0.3) is 0 Å². The molecule has 0 amide bonds. The number of benzene rings is 1. The number of methoxy groups -OCH3 is 1. The monoisotopic (exact) mass is 348 g/mol. The summed E-state index contributed by atoms with van der Waals surface area (Å²) in [6.45, 7) is 3.10. The molecule has 0 unspecified atom stereocenters. The predicted molar refractivity (Wildman–Crippen MR) is 105 cm³/mol. The highest BCUT2D eigenvalue weighted by molar-refractivity contribution is 5.74. The zero-order valence-electron chi connectivity index (χ0n) is 16.8. The Hall–Kier alpha value is -1.35. The number of quaternary nitrogens is 1. The number of ether oxygens (including phenoxy) is 1. The van der Waals surface area contributed by atoms with Gasteiger partial charge in [-0.05, 0) is 6.42 Å². The first-order valence-corrected chi connectivity index (χ1v) is 9.95. The van der Waals surface area contributed by atoms with Gasteiger partial charge in [0.05, 0.1) is 21.2 Å². The normalized spacial score (nSPS) is 12.8. The zero-order valence-corrected chi connectivity index (χ0v) is 16.8. The highest BCUT2D eigenvalue weighted by atomic mass is 16.5. The van der Waals surface area contributed by atoms with Crippen LogP contribution in [0, 0.1) is 0 Å². The van der Waals surface area contributed by atoms with E-state index in [1.165, 1.54) is 57.6 Å². The maximum Gasteiger partial charge on any atom is 0.364 e. The van der Waals surface area contributed by atoms with Gasteiger partial charge in [0.2, 0.25) is 0 Å². The van der Waals surface area contributed by atoms with Crippen molar-refractivity contribution in [2.45, 2.75) is 77.3 Å². The van der Waals surface area contributed by atoms with E-state index in [0.29, 0.717) is 4.48 Å². The molecule has 0 aliphatic rings. The van der Waals surface area contributed by atoms with Crippen molar-refractivity contribution in [1.29, 1.82) is 0 Å². The van der Waals surface area contributed by atoms with E-state index in [4.69, 9.17) is 4.74 Å². The molecule has 0 bridgehead atoms. The molecule has 0 fully saturated rings. The lowest BCUT2D eigenvalue weighted by Crippen LogP contribution is -2.52. The second-order valence-electron chi connectivity index (χ2n) is 7.72. The van der Waals surface area contributed by atoms with Gasteiger partial charge in [0.15, 0.2) is 6.04 Å². The third-order valence-corrected chi connectivity index (χ3v) is 5.08. The highest BCUT2D eigenvalue weighted by Gasteiger charge is 2.35. The maximum atomic E-state index is 12.3. The molecule has 0 N–H and O–H groups in total. The molecule has 3 nitrogen and oxygen atoms in total. The first kappa shape index (κ1) is 21.7. The van der Waals surface area contributed by atoms with Crippen molar-refractivity contribution in [3.05, 3.63) is 35.9 Å². The van der Waals surface area contributed by atoms with E-state index < -0.39 is 0 Å². The Balaban J connectivity index is 2.46. The van der Waals surface area contributed by atoms with Crippen LogP contribution in [0.4, 0.5) is 0 Å². The maximum absolute atomic E-state index is 12.3. The SMILES string of the molecule is CCCCCCCCCC[C@@H](C(=O)OC)[N+](C)(C)Cc1ccccc1. The van der Waals surface area contributed by atoms with Gasteiger partial charge in [0, 0.05) is 12.0 Å². The van der Waals surface area contributed by atoms with Crippen molar-refractivity contribution in [3.8, 4) is 0 Å². The molecule has 0 aromatic heterocycles. The van der Waals surface area contributed by atoms with E-state index in [-0.39, 0.29) is 12.0 Å². The Kier molecular flexibility index (Phi) is 10.5. The molecule has 142 valence electrons. The van der Waals surface area contributed by atoms with Crippen molar-refractivity contribution in [1.82, 2.24) is 0 Å². The Morgan fingerprint density at radius 3 is 2.08 bits per heavy atom. The van der Waals surface area contributed by atoms with Crippen molar-refractivity contribution >= 4 is 5.97 Å². The van der Waals surface area contributed by atoms with Crippen LogP contribution in [0.15, 0.2) is 30.3 Å². The summed E-state index contributed by atoms with van der Waals surface area (Å²) in [6, 6.07) is 10.3. The van der Waals surface area contributed by atoms with Gasteiger partial charge in [0.1, 0.15) is 6.54 Å². The molecule has 1 aromatic rings. The Labute approximate surface area is 155 Å². The average Bonchev–Trinajstić information content (AvgIpc) is 2.60. The Morgan fingerprint density at radius 2 is 1.52 bits per heavy atom. The third kappa shape index (κ3) is 8.53. The number of carbonyl (C=O) groups is 1. The number of hydrogen-bond donors (Lipinski definition) is 0. The lowest BCUT2D eigenvalue weighted by molar-refractivity contribution is -0.920. The topological polar surface area (TPSA) is 26.3 Å². The van der Waals surface area contributed by atoms with Crippen LogP contribution in [-0.2, 0) is 16.1 Å². The largest absolute Gasteiger partial charge is 0.465 e. The fraction of sp³-hybridized carbons (Fsp3) is 0.682. The molecule has 0 saturated carbocycles. The second kappa shape index (κ2) is 12.1. The first-order chi connectivity index (χ1) is 12.0. The molecule has 0 saturated heterocycles. The number of likely N-dealkylation sites (N-methyl/N-ethyl adjacent to an activating group) is 1. The van der Waals surface area contributed by atoms with Crippen LogP contribution in [-0.4, -0.2) is 37.7 Å². The molecule has 0 radical (unpaired) electrons. The van der Waals surface area contributed by atoms with Crippen LogP contribution in [0.2, 0.25) is 0 Å². The van der Waals surface area contributed by atoms with Gasteiger partial charge in [-0.3, -0.25) is 0 Å². The standard InChI is InChI=1S/C22H38NO2/c1-5-6-7-8-9-10-11-15-18-21(22(24)25-4)23(2,3)19-20-16-13-12-14-17-20/h12-14,16-17,21H,5-11,15,18-19H2,1-4H3/q+1/t21-/m0/s1. The van der Waals surface area contributed by atoms with Gasteiger partial charge in [-0.15, -0.1) is 0 Å². The number of hydrogen-bond acceptors (Lipinski definition) is 2. The predicted octanol–water partition coefficient (Wildman–Crippen LogP) is 5.34. The fourth-order valence-electron chi connectivity index (χ4n) is 3.52. The number of carbonyl (C=O) groups excluding carboxylic acids is 1. The van der Waals surface area contributed by atoms with E-state index in [1.54, 1.807) is 0 Å². The molecule has 0 aliphatic carbocycles. The lowest BCUT2D eigenvalue weighted by Gasteiger charge is -2.36. The van der Waals surface area contributed by atoms with Crippen molar-refractivity contribution in [2.75, 3.05) is 21.2 Å². The van der Waals surface area contributed by atoms with E-state index in [9.17, 15) is 4.79 Å². The van der Waals surface area contributed by atoms with E-state index in [2.05, 4.69) is 45.3 Å². The van der Waals surface area contributed by atoms with E-state index >= 15 is 0 Å². The molecule has 1 rings (SSSR count). The second-order valence-corrected chi connectivity index (χ2v) is 7.72. The summed E-state index contributed by atoms with van der Waals surface area (Å²) in [7, 11) is 5.78. The van der Waals surface area contributed by atoms with Crippen LogP contribution in [0.1, 0.15) is 70.3 Å². The summed E-state index contributed by atoms with van der Waals surface area (Å²) < 4.78 is 5.75. The van der Waals surface area contributed by atoms with Crippen LogP contribution < -0.4 is 0 Å². The van der Waals surface area contributed by atoms with Gasteiger partial charge in [-0.2, -0.15) is 0 Å². The van der Waals surface area contributed by atoms with Crippen LogP contribution in [0.25, 0.3) is 0 Å². The van der Waals surface area contributed by atoms with Crippen LogP contribution in [0.3, 0.4) is 0 Å². The minimum atomic E-state index is -0.0923. The summed E-state index contributed by atoms with van der Waals surface area (Å²) in [6.07, 6.45) is 11.2. The number of nitrogens with zero attached hydrogens (tertiary/aromatic N) is 1. The van der Waals surface area contributed by atoms with E-state index in [1.807, 2.05) is 6.07 Å². The van der Waals surface area contributed by atoms with Gasteiger partial charge < -0.3 is 9.22 Å². The molecule has 0 aliphatic heterocycles. The summed E-state index contributed by atoms with van der Waals surface area (Å²) in [5, 5.41) is 0. The molecular weight excluding hydrogens is 310 g/mol. The average molecular weight is 349 g/mol. The first-order valence-electron chi connectivity index (χ1n) is 9.95. The van der Waals surface area contributed by atoms with Gasteiger partial charge in [-0.1, -0.05) is 82.2 Å².